The van der Waals surface area contributed by atoms with E-state index >= 15 is 0 Å². The zero-order chi connectivity index (χ0) is 10.7. The Balaban J connectivity index is 2.86. The molecule has 7 nitrogen and oxygen atoms in total. The van der Waals surface area contributed by atoms with Crippen molar-refractivity contribution in [3.63, 3.8) is 0 Å². The highest BCUT2D eigenvalue weighted by molar-refractivity contribution is 5.68. The number of hydrogen-bond donors (Lipinski definition) is 0. The van der Waals surface area contributed by atoms with Crippen LogP contribution in [0.2, 0.25) is 0 Å². The van der Waals surface area contributed by atoms with Crippen LogP contribution in [0.1, 0.15) is 5.56 Å². The van der Waals surface area contributed by atoms with E-state index in [1.54, 1.807) is 6.92 Å². The lowest BCUT2D eigenvalue weighted by atomic mass is 10.4. The maximum absolute atomic E-state index is 10.8. The molecule has 0 atom stereocenters. The van der Waals surface area contributed by atoms with E-state index < -0.39 is 10.9 Å². The average Bonchev–Trinajstić information content (AvgIpc) is 2.46. The van der Waals surface area contributed by atoms with Crippen LogP contribution in [0, 0.1) is 17.0 Å². The fourth-order valence-electron chi connectivity index (χ4n) is 0.969. The van der Waals surface area contributed by atoms with Crippen molar-refractivity contribution in [3.8, 4) is 0 Å². The molecule has 0 amide bonds. The van der Waals surface area contributed by atoms with Crippen molar-refractivity contribution >= 4 is 11.8 Å². The van der Waals surface area contributed by atoms with Gasteiger partial charge in [0.25, 0.3) is 0 Å². The van der Waals surface area contributed by atoms with Gasteiger partial charge in [0.2, 0.25) is 0 Å². The van der Waals surface area contributed by atoms with Gasteiger partial charge in [-0.1, -0.05) is 0 Å². The van der Waals surface area contributed by atoms with E-state index in [0.717, 1.165) is 0 Å². The number of carbonyl (C=O) groups excluding carboxylic acids is 1. The number of nitro groups is 1. The van der Waals surface area contributed by atoms with E-state index in [0.29, 0.717) is 5.56 Å². The van der Waals surface area contributed by atoms with Crippen LogP contribution in [-0.4, -0.2) is 27.8 Å². The van der Waals surface area contributed by atoms with Gasteiger partial charge in [0, 0.05) is 0 Å². The third-order valence-corrected chi connectivity index (χ3v) is 1.61. The highest BCUT2D eigenvalue weighted by atomic mass is 16.6. The summed E-state index contributed by atoms with van der Waals surface area (Å²) in [6.07, 6.45) is 1.43. The summed E-state index contributed by atoms with van der Waals surface area (Å²) in [5, 5.41) is 14.0. The van der Waals surface area contributed by atoms with E-state index in [4.69, 9.17) is 0 Å². The summed E-state index contributed by atoms with van der Waals surface area (Å²) in [4.78, 5) is 20.6. The number of ether oxygens (including phenoxy) is 1. The molecule has 0 bridgehead atoms. The summed E-state index contributed by atoms with van der Waals surface area (Å²) >= 11 is 0. The highest BCUT2D eigenvalue weighted by Gasteiger charge is 2.18. The number of aryl methyl sites for hydroxylation is 1. The average molecular weight is 199 g/mol. The Hall–Kier alpha value is -1.92. The van der Waals surface area contributed by atoms with Gasteiger partial charge in [0.15, 0.2) is 6.54 Å². The first kappa shape index (κ1) is 10.2. The molecule has 0 radical (unpaired) electrons. The summed E-state index contributed by atoms with van der Waals surface area (Å²) in [6, 6.07) is 0. The second kappa shape index (κ2) is 3.86. The summed E-state index contributed by atoms with van der Waals surface area (Å²) in [7, 11) is 1.24. The SMILES string of the molecule is COC(=O)Cn1cc(C)c([N+](=O)[O-])n1. The van der Waals surface area contributed by atoms with Gasteiger partial charge in [-0.05, 0) is 11.8 Å². The summed E-state index contributed by atoms with van der Waals surface area (Å²) in [5.41, 5.74) is 0.416. The lowest BCUT2D eigenvalue weighted by Gasteiger charge is -1.93. The Morgan fingerprint density at radius 3 is 2.86 bits per heavy atom. The van der Waals surface area contributed by atoms with Crippen molar-refractivity contribution in [3.05, 3.63) is 21.9 Å². The molecule has 7 heteroatoms. The Kier molecular flexibility index (Phi) is 2.80. The molecule has 0 aliphatic rings. The number of rotatable bonds is 3. The van der Waals surface area contributed by atoms with E-state index in [-0.39, 0.29) is 12.4 Å². The standard InChI is InChI=1S/C7H9N3O4/c1-5-3-9(4-6(11)14-2)8-7(5)10(12)13/h3H,4H2,1-2H3. The van der Waals surface area contributed by atoms with Crippen LogP contribution in [0.25, 0.3) is 0 Å². The maximum Gasteiger partial charge on any atom is 0.392 e. The molecule has 1 heterocycles. The van der Waals surface area contributed by atoms with Crippen molar-refractivity contribution in [2.45, 2.75) is 13.5 Å². The monoisotopic (exact) mass is 199 g/mol. The van der Waals surface area contributed by atoms with Crippen LogP contribution in [0.5, 0.6) is 0 Å². The molecule has 0 aliphatic carbocycles. The van der Waals surface area contributed by atoms with Crippen molar-refractivity contribution in [1.82, 2.24) is 9.78 Å². The van der Waals surface area contributed by atoms with Gasteiger partial charge >= 0.3 is 11.8 Å². The van der Waals surface area contributed by atoms with E-state index in [1.807, 2.05) is 0 Å². The van der Waals surface area contributed by atoms with Crippen molar-refractivity contribution < 1.29 is 14.5 Å². The van der Waals surface area contributed by atoms with Gasteiger partial charge in [-0.3, -0.25) is 0 Å². The molecule has 0 aliphatic heterocycles. The number of carbonyl (C=O) groups is 1. The normalized spacial score (nSPS) is 9.86. The molecule has 0 spiro atoms. The minimum Gasteiger partial charge on any atom is -0.468 e. The first-order valence-corrected chi connectivity index (χ1v) is 3.80. The minimum absolute atomic E-state index is 0.120. The van der Waals surface area contributed by atoms with E-state index in [1.165, 1.54) is 18.0 Å². The maximum atomic E-state index is 10.8. The Bertz CT molecular complexity index is 371. The fraction of sp³-hybridized carbons (Fsp3) is 0.429. The van der Waals surface area contributed by atoms with E-state index in [9.17, 15) is 14.9 Å². The van der Waals surface area contributed by atoms with Gasteiger partial charge in [-0.2, -0.15) is 4.68 Å². The Labute approximate surface area is 79.4 Å². The van der Waals surface area contributed by atoms with Gasteiger partial charge in [0.1, 0.15) is 0 Å². The van der Waals surface area contributed by atoms with Crippen LogP contribution in [-0.2, 0) is 16.1 Å². The first-order chi connectivity index (χ1) is 6.54. The lowest BCUT2D eigenvalue weighted by molar-refractivity contribution is -0.390. The van der Waals surface area contributed by atoms with Crippen LogP contribution in [0.4, 0.5) is 5.82 Å². The van der Waals surface area contributed by atoms with Crippen LogP contribution in [0.3, 0.4) is 0 Å². The molecule has 76 valence electrons. The molecule has 0 saturated heterocycles. The molecule has 0 aromatic carbocycles. The summed E-state index contributed by atoms with van der Waals surface area (Å²) in [6.45, 7) is 1.43. The van der Waals surface area contributed by atoms with Crippen LogP contribution < -0.4 is 0 Å². The number of hydrogen-bond acceptors (Lipinski definition) is 5. The topological polar surface area (TPSA) is 87.3 Å². The second-order valence-electron chi connectivity index (χ2n) is 2.67. The van der Waals surface area contributed by atoms with E-state index in [2.05, 4.69) is 9.84 Å². The molecular weight excluding hydrogens is 190 g/mol. The van der Waals surface area contributed by atoms with Crippen LogP contribution >= 0.6 is 0 Å². The number of nitrogens with zero attached hydrogens (tertiary/aromatic N) is 3. The van der Waals surface area contributed by atoms with Crippen LogP contribution in [0.15, 0.2) is 6.20 Å². The van der Waals surface area contributed by atoms with Crippen molar-refractivity contribution in [1.29, 1.82) is 0 Å². The molecule has 1 aromatic rings. The van der Waals surface area contributed by atoms with Gasteiger partial charge < -0.3 is 14.9 Å². The molecule has 0 fully saturated rings. The van der Waals surface area contributed by atoms with Crippen molar-refractivity contribution in [2.24, 2.45) is 0 Å². The summed E-state index contributed by atoms with van der Waals surface area (Å²) in [5.74, 6) is -0.740. The number of aromatic nitrogens is 2. The Morgan fingerprint density at radius 2 is 2.43 bits per heavy atom. The zero-order valence-corrected chi connectivity index (χ0v) is 7.76. The smallest absolute Gasteiger partial charge is 0.392 e. The molecule has 0 saturated carbocycles. The lowest BCUT2D eigenvalue weighted by Crippen LogP contribution is -2.11. The molecule has 0 unspecified atom stereocenters. The second-order valence-corrected chi connectivity index (χ2v) is 2.67. The number of esters is 1. The molecule has 0 N–H and O–H groups in total. The third kappa shape index (κ3) is 2.06. The summed E-state index contributed by atoms with van der Waals surface area (Å²) < 4.78 is 5.57. The number of methoxy groups -OCH3 is 1. The predicted octanol–water partition coefficient (Wildman–Crippen LogP) is 0.273. The zero-order valence-electron chi connectivity index (χ0n) is 7.76. The van der Waals surface area contributed by atoms with Gasteiger partial charge in [-0.15, -0.1) is 0 Å². The van der Waals surface area contributed by atoms with Gasteiger partial charge in [-0.25, -0.2) is 4.79 Å². The minimum atomic E-state index is -0.594. The highest BCUT2D eigenvalue weighted by Crippen LogP contribution is 2.13. The molecule has 14 heavy (non-hydrogen) atoms. The van der Waals surface area contributed by atoms with Gasteiger partial charge in [0.05, 0.1) is 24.0 Å². The fourth-order valence-corrected chi connectivity index (χ4v) is 0.969. The molecule has 1 aromatic heterocycles. The largest absolute Gasteiger partial charge is 0.468 e. The molecular formula is C7H9N3O4. The molecule has 1 rings (SSSR count). The Morgan fingerprint density at radius 1 is 1.79 bits per heavy atom. The quantitative estimate of drug-likeness (QED) is 0.396. The van der Waals surface area contributed by atoms with Crippen molar-refractivity contribution in [2.75, 3.05) is 7.11 Å². The first-order valence-electron chi connectivity index (χ1n) is 3.80. The predicted molar refractivity (Wildman–Crippen MR) is 45.6 cm³/mol. The third-order valence-electron chi connectivity index (χ3n) is 1.61.